The van der Waals surface area contributed by atoms with Gasteiger partial charge >= 0.3 is 0 Å². The Morgan fingerprint density at radius 3 is 2.48 bits per heavy atom. The van der Waals surface area contributed by atoms with Gasteiger partial charge in [0, 0.05) is 18.5 Å². The summed E-state index contributed by atoms with van der Waals surface area (Å²) in [5.74, 6) is 0.315. The molecule has 6 nitrogen and oxygen atoms in total. The number of anilines is 1. The zero-order valence-electron chi connectivity index (χ0n) is 12.4. The molecule has 0 aliphatic carbocycles. The maximum absolute atomic E-state index is 11.8. The number of carbonyl (C=O) groups excluding carboxylic acids is 2. The molecule has 2 N–H and O–H groups in total. The molecule has 0 radical (unpaired) electrons. The maximum atomic E-state index is 11.8. The molecule has 0 saturated carbocycles. The Kier molecular flexibility index (Phi) is 6.37. The number of rotatable bonds is 6. The second-order valence-electron chi connectivity index (χ2n) is 4.63. The standard InChI is InChI=1S/C15H15ClN4O2S/c1-10(21)18-13-6-7-15(20-19-13)23-9-14(22)17-8-11-2-4-12(16)5-3-11/h2-7H,8-9H2,1H3,(H,17,22)(H,18,19,21). The number of amides is 2. The van der Waals surface area contributed by atoms with Crippen molar-refractivity contribution in [2.75, 3.05) is 11.1 Å². The van der Waals surface area contributed by atoms with E-state index in [2.05, 4.69) is 20.8 Å². The number of carbonyl (C=O) groups is 2. The van der Waals surface area contributed by atoms with Gasteiger partial charge < -0.3 is 10.6 Å². The van der Waals surface area contributed by atoms with Gasteiger partial charge in [0.1, 0.15) is 5.03 Å². The van der Waals surface area contributed by atoms with Crippen LogP contribution in [0.1, 0.15) is 12.5 Å². The minimum atomic E-state index is -0.207. The average Bonchev–Trinajstić information content (AvgIpc) is 2.53. The molecule has 23 heavy (non-hydrogen) atoms. The minimum absolute atomic E-state index is 0.0994. The van der Waals surface area contributed by atoms with E-state index in [1.165, 1.54) is 18.7 Å². The summed E-state index contributed by atoms with van der Waals surface area (Å²) in [4.78, 5) is 22.7. The summed E-state index contributed by atoms with van der Waals surface area (Å²) in [6.07, 6.45) is 0. The van der Waals surface area contributed by atoms with Gasteiger partial charge in [-0.1, -0.05) is 35.5 Å². The first kappa shape index (κ1) is 17.2. The molecule has 0 aliphatic heterocycles. The third-order valence-corrected chi connectivity index (χ3v) is 3.87. The predicted octanol–water partition coefficient (Wildman–Crippen LogP) is 2.50. The summed E-state index contributed by atoms with van der Waals surface area (Å²) in [5.41, 5.74) is 0.979. The van der Waals surface area contributed by atoms with Crippen LogP contribution in [0.3, 0.4) is 0 Å². The second-order valence-corrected chi connectivity index (χ2v) is 6.06. The topological polar surface area (TPSA) is 84.0 Å². The number of thioether (sulfide) groups is 1. The van der Waals surface area contributed by atoms with E-state index in [-0.39, 0.29) is 17.6 Å². The highest BCUT2D eigenvalue weighted by Crippen LogP contribution is 2.15. The highest BCUT2D eigenvalue weighted by atomic mass is 35.5. The van der Waals surface area contributed by atoms with Crippen LogP contribution < -0.4 is 10.6 Å². The van der Waals surface area contributed by atoms with Crippen molar-refractivity contribution in [1.82, 2.24) is 15.5 Å². The number of nitrogens with zero attached hydrogens (tertiary/aromatic N) is 2. The molecule has 0 unspecified atom stereocenters. The first-order valence-corrected chi connectivity index (χ1v) is 8.14. The highest BCUT2D eigenvalue weighted by Gasteiger charge is 2.05. The first-order chi connectivity index (χ1) is 11.0. The molecule has 1 aromatic carbocycles. The summed E-state index contributed by atoms with van der Waals surface area (Å²) in [6.45, 7) is 1.85. The molecule has 0 fully saturated rings. The highest BCUT2D eigenvalue weighted by molar-refractivity contribution is 7.99. The second kappa shape index (κ2) is 8.50. The van der Waals surface area contributed by atoms with Crippen molar-refractivity contribution in [3.63, 3.8) is 0 Å². The summed E-state index contributed by atoms with van der Waals surface area (Å²) < 4.78 is 0. The number of aromatic nitrogens is 2. The van der Waals surface area contributed by atoms with E-state index < -0.39 is 0 Å². The summed E-state index contributed by atoms with van der Waals surface area (Å²) in [7, 11) is 0. The van der Waals surface area contributed by atoms with Crippen LogP contribution in [0.25, 0.3) is 0 Å². The van der Waals surface area contributed by atoms with Crippen LogP contribution in [-0.2, 0) is 16.1 Å². The lowest BCUT2D eigenvalue weighted by atomic mass is 10.2. The van der Waals surface area contributed by atoms with E-state index in [0.29, 0.717) is 22.4 Å². The number of hydrogen-bond donors (Lipinski definition) is 2. The Morgan fingerprint density at radius 1 is 1.13 bits per heavy atom. The summed E-state index contributed by atoms with van der Waals surface area (Å²) in [5, 5.41) is 14.4. The van der Waals surface area contributed by atoms with E-state index in [0.717, 1.165) is 5.56 Å². The Morgan fingerprint density at radius 2 is 1.87 bits per heavy atom. The zero-order chi connectivity index (χ0) is 16.7. The fraction of sp³-hybridized carbons (Fsp3) is 0.200. The van der Waals surface area contributed by atoms with Gasteiger partial charge in [-0.25, -0.2) is 0 Å². The van der Waals surface area contributed by atoms with Crippen molar-refractivity contribution in [2.45, 2.75) is 18.5 Å². The number of halogens is 1. The van der Waals surface area contributed by atoms with Gasteiger partial charge in [-0.05, 0) is 29.8 Å². The van der Waals surface area contributed by atoms with Crippen molar-refractivity contribution >= 4 is 41.0 Å². The van der Waals surface area contributed by atoms with E-state index >= 15 is 0 Å². The first-order valence-electron chi connectivity index (χ1n) is 6.78. The zero-order valence-corrected chi connectivity index (χ0v) is 13.9. The summed E-state index contributed by atoms with van der Waals surface area (Å²) in [6, 6.07) is 10.6. The van der Waals surface area contributed by atoms with Gasteiger partial charge in [-0.2, -0.15) is 0 Å². The lowest BCUT2D eigenvalue weighted by molar-refractivity contribution is -0.118. The molecule has 120 valence electrons. The smallest absolute Gasteiger partial charge is 0.230 e. The summed E-state index contributed by atoms with van der Waals surface area (Å²) >= 11 is 7.08. The molecule has 0 aliphatic rings. The minimum Gasteiger partial charge on any atom is -0.351 e. The van der Waals surface area contributed by atoms with E-state index in [1.807, 2.05) is 12.1 Å². The number of nitrogens with one attached hydrogen (secondary N) is 2. The van der Waals surface area contributed by atoms with Gasteiger partial charge in [-0.15, -0.1) is 10.2 Å². The lowest BCUT2D eigenvalue weighted by Gasteiger charge is -2.05. The number of hydrogen-bond acceptors (Lipinski definition) is 5. The fourth-order valence-corrected chi connectivity index (χ4v) is 2.41. The van der Waals surface area contributed by atoms with Gasteiger partial charge in [-0.3, -0.25) is 9.59 Å². The van der Waals surface area contributed by atoms with Crippen molar-refractivity contribution in [1.29, 1.82) is 0 Å². The molecule has 2 aromatic rings. The molecule has 2 rings (SSSR count). The maximum Gasteiger partial charge on any atom is 0.230 e. The van der Waals surface area contributed by atoms with Crippen molar-refractivity contribution in [3.8, 4) is 0 Å². The number of benzene rings is 1. The SMILES string of the molecule is CC(=O)Nc1ccc(SCC(=O)NCc2ccc(Cl)cc2)nn1. The quantitative estimate of drug-likeness (QED) is 0.782. The monoisotopic (exact) mass is 350 g/mol. The van der Waals surface area contributed by atoms with Crippen molar-refractivity contribution < 1.29 is 9.59 Å². The van der Waals surface area contributed by atoms with E-state index in [1.54, 1.807) is 24.3 Å². The normalized spacial score (nSPS) is 10.2. The third-order valence-electron chi connectivity index (χ3n) is 2.70. The van der Waals surface area contributed by atoms with Crippen LogP contribution in [0.5, 0.6) is 0 Å². The third kappa shape index (κ3) is 6.25. The van der Waals surface area contributed by atoms with Crippen LogP contribution >= 0.6 is 23.4 Å². The largest absolute Gasteiger partial charge is 0.351 e. The molecule has 0 atom stereocenters. The molecule has 0 saturated heterocycles. The Balaban J connectivity index is 1.75. The molecule has 0 spiro atoms. The average molecular weight is 351 g/mol. The van der Waals surface area contributed by atoms with E-state index in [4.69, 9.17) is 11.6 Å². The van der Waals surface area contributed by atoms with Crippen LogP contribution in [0.2, 0.25) is 5.02 Å². The van der Waals surface area contributed by atoms with Crippen molar-refractivity contribution in [3.05, 3.63) is 47.0 Å². The van der Waals surface area contributed by atoms with Crippen LogP contribution in [0, 0.1) is 0 Å². The molecule has 1 heterocycles. The van der Waals surface area contributed by atoms with Gasteiger partial charge in [0.2, 0.25) is 11.8 Å². The molecular weight excluding hydrogens is 336 g/mol. The molecular formula is C15H15ClN4O2S. The predicted molar refractivity (Wildman–Crippen MR) is 90.4 cm³/mol. The van der Waals surface area contributed by atoms with Crippen LogP contribution in [0.15, 0.2) is 41.4 Å². The lowest BCUT2D eigenvalue weighted by Crippen LogP contribution is -2.24. The molecule has 0 bridgehead atoms. The van der Waals surface area contributed by atoms with E-state index in [9.17, 15) is 9.59 Å². The van der Waals surface area contributed by atoms with Crippen molar-refractivity contribution in [2.24, 2.45) is 0 Å². The molecule has 2 amide bonds. The van der Waals surface area contributed by atoms with Gasteiger partial charge in [0.15, 0.2) is 5.82 Å². The Bertz CT molecular complexity index is 677. The Labute approximate surface area is 143 Å². The fourth-order valence-electron chi connectivity index (χ4n) is 1.64. The molecule has 1 aromatic heterocycles. The molecule has 8 heteroatoms. The Hall–Kier alpha value is -2.12. The van der Waals surface area contributed by atoms with Crippen LogP contribution in [0.4, 0.5) is 5.82 Å². The van der Waals surface area contributed by atoms with Gasteiger partial charge in [0.05, 0.1) is 5.75 Å². The van der Waals surface area contributed by atoms with Crippen LogP contribution in [-0.4, -0.2) is 27.8 Å². The van der Waals surface area contributed by atoms with Gasteiger partial charge in [0.25, 0.3) is 0 Å².